The fraction of sp³-hybridized carbons (Fsp3) is 0.0455. The van der Waals surface area contributed by atoms with Crippen molar-refractivity contribution in [3.8, 4) is 0 Å². The van der Waals surface area contributed by atoms with Crippen LogP contribution in [0.5, 0.6) is 0 Å². The van der Waals surface area contributed by atoms with E-state index < -0.39 is 11.6 Å². The topological polar surface area (TPSA) is 53.9 Å². The number of hydrogen-bond donors (Lipinski definition) is 1. The van der Waals surface area contributed by atoms with E-state index in [-0.39, 0.29) is 5.69 Å². The highest BCUT2D eigenvalue weighted by molar-refractivity contribution is 5.61. The van der Waals surface area contributed by atoms with Crippen LogP contribution < -0.4 is 10.2 Å². The van der Waals surface area contributed by atoms with Gasteiger partial charge in [0, 0.05) is 11.8 Å². The normalized spacial score (nSPS) is 10.6. The molecule has 0 saturated carbocycles. The molecule has 0 amide bonds. The van der Waals surface area contributed by atoms with Gasteiger partial charge in [0.1, 0.15) is 11.6 Å². The van der Waals surface area contributed by atoms with Gasteiger partial charge in [-0.1, -0.05) is 48.5 Å². The SMILES string of the molecule is Fc1ccc(Nc2cnnc(N(Cc3ccccc3)c3ccccc3)n2)c(F)c1. The van der Waals surface area contributed by atoms with Gasteiger partial charge in [-0.2, -0.15) is 10.1 Å². The van der Waals surface area contributed by atoms with E-state index in [2.05, 4.69) is 20.5 Å². The van der Waals surface area contributed by atoms with Crippen molar-refractivity contribution >= 4 is 23.1 Å². The van der Waals surface area contributed by atoms with Crippen LogP contribution in [0.2, 0.25) is 0 Å². The molecule has 0 fully saturated rings. The first-order valence-electron chi connectivity index (χ1n) is 8.97. The first-order chi connectivity index (χ1) is 14.2. The molecule has 0 unspecified atom stereocenters. The fourth-order valence-corrected chi connectivity index (χ4v) is 2.85. The van der Waals surface area contributed by atoms with E-state index in [1.165, 1.54) is 18.3 Å². The molecule has 0 aliphatic rings. The summed E-state index contributed by atoms with van der Waals surface area (Å²) in [5.41, 5.74) is 2.07. The van der Waals surface area contributed by atoms with Gasteiger partial charge in [-0.15, -0.1) is 5.10 Å². The predicted molar refractivity (Wildman–Crippen MR) is 108 cm³/mol. The lowest BCUT2D eigenvalue weighted by Gasteiger charge is -2.23. The maximum Gasteiger partial charge on any atom is 0.252 e. The maximum atomic E-state index is 14.0. The molecule has 0 radical (unpaired) electrons. The molecule has 0 bridgehead atoms. The molecule has 29 heavy (non-hydrogen) atoms. The van der Waals surface area contributed by atoms with E-state index >= 15 is 0 Å². The number of nitrogens with zero attached hydrogens (tertiary/aromatic N) is 4. The van der Waals surface area contributed by atoms with Crippen LogP contribution in [0.1, 0.15) is 5.56 Å². The Labute approximate surface area is 166 Å². The van der Waals surface area contributed by atoms with Gasteiger partial charge < -0.3 is 10.2 Å². The Balaban J connectivity index is 1.66. The second-order valence-electron chi connectivity index (χ2n) is 6.30. The molecule has 0 spiro atoms. The molecular formula is C22H17F2N5. The van der Waals surface area contributed by atoms with Crippen LogP contribution in [-0.2, 0) is 6.54 Å². The Morgan fingerprint density at radius 2 is 1.59 bits per heavy atom. The molecular weight excluding hydrogens is 372 g/mol. The zero-order valence-electron chi connectivity index (χ0n) is 15.3. The van der Waals surface area contributed by atoms with Crippen LogP contribution in [-0.4, -0.2) is 15.2 Å². The average molecular weight is 389 g/mol. The van der Waals surface area contributed by atoms with Crippen molar-refractivity contribution in [3.05, 3.63) is 102 Å². The third-order valence-corrected chi connectivity index (χ3v) is 4.23. The third-order valence-electron chi connectivity index (χ3n) is 4.23. The van der Waals surface area contributed by atoms with Gasteiger partial charge in [0.05, 0.1) is 18.4 Å². The van der Waals surface area contributed by atoms with Gasteiger partial charge in [-0.25, -0.2) is 8.78 Å². The lowest BCUT2D eigenvalue weighted by atomic mass is 10.2. The molecule has 1 heterocycles. The Kier molecular flexibility index (Phi) is 5.38. The second kappa shape index (κ2) is 8.43. The summed E-state index contributed by atoms with van der Waals surface area (Å²) < 4.78 is 27.1. The zero-order valence-corrected chi connectivity index (χ0v) is 15.3. The molecule has 1 aromatic heterocycles. The van der Waals surface area contributed by atoms with E-state index in [0.29, 0.717) is 18.3 Å². The lowest BCUT2D eigenvalue weighted by Crippen LogP contribution is -2.20. The number of para-hydroxylation sites is 1. The number of rotatable bonds is 6. The number of aromatic nitrogens is 3. The Bertz CT molecular complexity index is 1090. The molecule has 0 saturated heterocycles. The quantitative estimate of drug-likeness (QED) is 0.489. The van der Waals surface area contributed by atoms with Crippen LogP contribution in [0, 0.1) is 11.6 Å². The molecule has 4 aromatic rings. The number of halogens is 2. The molecule has 1 N–H and O–H groups in total. The van der Waals surface area contributed by atoms with Crippen molar-refractivity contribution < 1.29 is 8.78 Å². The Morgan fingerprint density at radius 3 is 2.31 bits per heavy atom. The molecule has 0 aliphatic heterocycles. The number of anilines is 4. The molecule has 7 heteroatoms. The monoisotopic (exact) mass is 389 g/mol. The van der Waals surface area contributed by atoms with Gasteiger partial charge in [0.25, 0.3) is 5.95 Å². The summed E-state index contributed by atoms with van der Waals surface area (Å²) in [5, 5.41) is 11.0. The Hall–Kier alpha value is -3.87. The van der Waals surface area contributed by atoms with E-state index in [4.69, 9.17) is 0 Å². The summed E-state index contributed by atoms with van der Waals surface area (Å²) in [5.74, 6) is -0.705. The zero-order chi connectivity index (χ0) is 20.1. The highest BCUT2D eigenvalue weighted by Crippen LogP contribution is 2.26. The van der Waals surface area contributed by atoms with Crippen molar-refractivity contribution in [1.82, 2.24) is 15.2 Å². The highest BCUT2D eigenvalue weighted by Gasteiger charge is 2.15. The first kappa shape index (κ1) is 18.5. The van der Waals surface area contributed by atoms with Crippen molar-refractivity contribution in [2.75, 3.05) is 10.2 Å². The molecule has 144 valence electrons. The minimum Gasteiger partial charge on any atom is -0.336 e. The maximum absolute atomic E-state index is 14.0. The molecule has 3 aromatic carbocycles. The van der Waals surface area contributed by atoms with Crippen molar-refractivity contribution in [2.45, 2.75) is 6.54 Å². The summed E-state index contributed by atoms with van der Waals surface area (Å²) in [6, 6.07) is 22.9. The molecule has 0 atom stereocenters. The van der Waals surface area contributed by atoms with E-state index in [1.54, 1.807) is 0 Å². The van der Waals surface area contributed by atoms with Crippen LogP contribution in [0.4, 0.5) is 31.9 Å². The van der Waals surface area contributed by atoms with Gasteiger partial charge in [0.15, 0.2) is 5.82 Å². The standard InChI is InChI=1S/C22H17F2N5/c23-17-11-12-20(19(24)13-17)26-21-14-25-28-22(27-21)29(18-9-5-2-6-10-18)15-16-7-3-1-4-8-16/h1-14H,15H2,(H,26,27,28). The van der Waals surface area contributed by atoms with Gasteiger partial charge in [-0.05, 0) is 29.8 Å². The summed E-state index contributed by atoms with van der Waals surface area (Å²) >= 11 is 0. The van der Waals surface area contributed by atoms with Crippen molar-refractivity contribution in [2.24, 2.45) is 0 Å². The minimum atomic E-state index is -0.714. The molecule has 4 rings (SSSR count). The predicted octanol–water partition coefficient (Wildman–Crippen LogP) is 5.23. The largest absolute Gasteiger partial charge is 0.336 e. The summed E-state index contributed by atoms with van der Waals surface area (Å²) in [7, 11) is 0. The third kappa shape index (κ3) is 4.52. The average Bonchev–Trinajstić information content (AvgIpc) is 2.76. The molecule has 0 aliphatic carbocycles. The summed E-state index contributed by atoms with van der Waals surface area (Å²) in [6.07, 6.45) is 1.39. The highest BCUT2D eigenvalue weighted by atomic mass is 19.1. The number of nitrogens with one attached hydrogen (secondary N) is 1. The van der Waals surface area contributed by atoms with Crippen molar-refractivity contribution in [3.63, 3.8) is 0 Å². The minimum absolute atomic E-state index is 0.104. The van der Waals surface area contributed by atoms with E-state index in [0.717, 1.165) is 17.3 Å². The van der Waals surface area contributed by atoms with Gasteiger partial charge in [0.2, 0.25) is 0 Å². The van der Waals surface area contributed by atoms with Crippen LogP contribution in [0.15, 0.2) is 85.1 Å². The lowest BCUT2D eigenvalue weighted by molar-refractivity contribution is 0.586. The van der Waals surface area contributed by atoms with Gasteiger partial charge in [-0.3, -0.25) is 0 Å². The van der Waals surface area contributed by atoms with Crippen LogP contribution in [0.25, 0.3) is 0 Å². The summed E-state index contributed by atoms with van der Waals surface area (Å²) in [4.78, 5) is 6.40. The second-order valence-corrected chi connectivity index (χ2v) is 6.30. The van der Waals surface area contributed by atoms with E-state index in [9.17, 15) is 8.78 Å². The number of benzene rings is 3. The number of hydrogen-bond acceptors (Lipinski definition) is 5. The smallest absolute Gasteiger partial charge is 0.252 e. The van der Waals surface area contributed by atoms with Gasteiger partial charge >= 0.3 is 0 Å². The summed E-state index contributed by atoms with van der Waals surface area (Å²) in [6.45, 7) is 0.529. The fourth-order valence-electron chi connectivity index (χ4n) is 2.85. The Morgan fingerprint density at radius 1 is 0.862 bits per heavy atom. The molecule has 5 nitrogen and oxygen atoms in total. The van der Waals surface area contributed by atoms with Crippen LogP contribution >= 0.6 is 0 Å². The van der Waals surface area contributed by atoms with Crippen LogP contribution in [0.3, 0.4) is 0 Å². The van der Waals surface area contributed by atoms with Crippen molar-refractivity contribution in [1.29, 1.82) is 0 Å². The first-order valence-corrected chi connectivity index (χ1v) is 8.97. The van der Waals surface area contributed by atoms with E-state index in [1.807, 2.05) is 65.6 Å².